The van der Waals surface area contributed by atoms with Gasteiger partial charge in [0.25, 0.3) is 0 Å². The molecule has 0 saturated carbocycles. The molecule has 1 aromatic carbocycles. The van der Waals surface area contributed by atoms with Crippen LogP contribution in [0.25, 0.3) is 0 Å². The van der Waals surface area contributed by atoms with Crippen LogP contribution in [0.5, 0.6) is 0 Å². The molecule has 0 aliphatic heterocycles. The first-order valence-corrected chi connectivity index (χ1v) is 6.42. The summed E-state index contributed by atoms with van der Waals surface area (Å²) in [6.45, 7) is 5.68. The van der Waals surface area contributed by atoms with Gasteiger partial charge in [0.05, 0.1) is 10.6 Å². The molecule has 0 saturated heterocycles. The van der Waals surface area contributed by atoms with E-state index < -0.39 is 9.84 Å². The smallest absolute Gasteiger partial charge is 0.178 e. The number of hydrogen-bond donors (Lipinski definition) is 0. The van der Waals surface area contributed by atoms with E-state index in [0.717, 1.165) is 11.1 Å². The maximum Gasteiger partial charge on any atom is 0.178 e. The van der Waals surface area contributed by atoms with Crippen LogP contribution >= 0.6 is 0 Å². The van der Waals surface area contributed by atoms with Gasteiger partial charge in [-0.3, -0.25) is 0 Å². The molecule has 2 nitrogen and oxygen atoms in total. The first-order chi connectivity index (χ1) is 6.47. The standard InChI is InChI=1S/C11H16O2S/c1-4-7-14(12,13)11-6-5-9(2)8-10(11)3/h5-6,8H,4,7H2,1-3H3. The topological polar surface area (TPSA) is 34.1 Å². The maximum absolute atomic E-state index is 11.8. The van der Waals surface area contributed by atoms with Crippen LogP contribution in [0.15, 0.2) is 23.1 Å². The number of rotatable bonds is 3. The summed E-state index contributed by atoms with van der Waals surface area (Å²) in [6.07, 6.45) is 0.662. The zero-order valence-electron chi connectivity index (χ0n) is 8.87. The molecule has 78 valence electrons. The molecule has 0 aliphatic carbocycles. The van der Waals surface area contributed by atoms with Gasteiger partial charge in [0.15, 0.2) is 9.84 Å². The van der Waals surface area contributed by atoms with E-state index in [4.69, 9.17) is 0 Å². The molecule has 3 heteroatoms. The number of sulfone groups is 1. The molecule has 0 radical (unpaired) electrons. The van der Waals surface area contributed by atoms with Gasteiger partial charge in [-0.2, -0.15) is 0 Å². The lowest BCUT2D eigenvalue weighted by Gasteiger charge is -2.06. The summed E-state index contributed by atoms with van der Waals surface area (Å²) in [5.41, 5.74) is 1.94. The van der Waals surface area contributed by atoms with Crippen molar-refractivity contribution in [3.8, 4) is 0 Å². The lowest BCUT2D eigenvalue weighted by Crippen LogP contribution is -2.07. The van der Waals surface area contributed by atoms with Gasteiger partial charge in [0.2, 0.25) is 0 Å². The van der Waals surface area contributed by atoms with Gasteiger partial charge in [-0.15, -0.1) is 0 Å². The maximum atomic E-state index is 11.8. The van der Waals surface area contributed by atoms with Crippen molar-refractivity contribution in [3.63, 3.8) is 0 Å². The summed E-state index contributed by atoms with van der Waals surface area (Å²) in [5.74, 6) is 0.233. The zero-order chi connectivity index (χ0) is 10.8. The number of benzene rings is 1. The summed E-state index contributed by atoms with van der Waals surface area (Å²) in [6, 6.07) is 5.45. The van der Waals surface area contributed by atoms with E-state index >= 15 is 0 Å². The molecule has 0 amide bonds. The van der Waals surface area contributed by atoms with Gasteiger partial charge in [-0.25, -0.2) is 8.42 Å². The first kappa shape index (κ1) is 11.2. The van der Waals surface area contributed by atoms with Crippen molar-refractivity contribution in [1.29, 1.82) is 0 Å². The predicted octanol–water partition coefficient (Wildman–Crippen LogP) is 2.49. The molecule has 0 bridgehead atoms. The molecule has 0 unspecified atom stereocenters. The van der Waals surface area contributed by atoms with Crippen LogP contribution in [0.1, 0.15) is 24.5 Å². The third kappa shape index (κ3) is 2.35. The summed E-state index contributed by atoms with van der Waals surface area (Å²) in [5, 5.41) is 0. The van der Waals surface area contributed by atoms with Crippen LogP contribution < -0.4 is 0 Å². The SMILES string of the molecule is CCCS(=O)(=O)c1ccc(C)cc1C. The molecule has 1 rings (SSSR count). The Bertz CT molecular complexity index is 419. The Balaban J connectivity index is 3.20. The molecule has 0 N–H and O–H groups in total. The molecule has 0 aliphatic rings. The Kier molecular flexibility index (Phi) is 3.32. The van der Waals surface area contributed by atoms with Crippen LogP contribution in [0.4, 0.5) is 0 Å². The summed E-state index contributed by atoms with van der Waals surface area (Å²) >= 11 is 0. The highest BCUT2D eigenvalue weighted by Gasteiger charge is 2.15. The minimum absolute atomic E-state index is 0.233. The Morgan fingerprint density at radius 2 is 1.86 bits per heavy atom. The molecule has 14 heavy (non-hydrogen) atoms. The number of aryl methyl sites for hydroxylation is 2. The highest BCUT2D eigenvalue weighted by atomic mass is 32.2. The Labute approximate surface area is 85.9 Å². The fraction of sp³-hybridized carbons (Fsp3) is 0.455. The minimum Gasteiger partial charge on any atom is -0.224 e. The fourth-order valence-electron chi connectivity index (χ4n) is 1.53. The van der Waals surface area contributed by atoms with Crippen molar-refractivity contribution < 1.29 is 8.42 Å². The van der Waals surface area contributed by atoms with Gasteiger partial charge in [-0.1, -0.05) is 24.6 Å². The normalized spacial score (nSPS) is 11.6. The van der Waals surface area contributed by atoms with Gasteiger partial charge >= 0.3 is 0 Å². The highest BCUT2D eigenvalue weighted by molar-refractivity contribution is 7.91. The van der Waals surface area contributed by atoms with Crippen LogP contribution in [0.3, 0.4) is 0 Å². The number of hydrogen-bond acceptors (Lipinski definition) is 2. The lowest BCUT2D eigenvalue weighted by atomic mass is 10.2. The van der Waals surface area contributed by atoms with Crippen molar-refractivity contribution in [3.05, 3.63) is 29.3 Å². The fourth-order valence-corrected chi connectivity index (χ4v) is 3.11. The lowest BCUT2D eigenvalue weighted by molar-refractivity contribution is 0.594. The largest absolute Gasteiger partial charge is 0.224 e. The Hall–Kier alpha value is -0.830. The van der Waals surface area contributed by atoms with Crippen molar-refractivity contribution in [2.75, 3.05) is 5.75 Å². The van der Waals surface area contributed by atoms with E-state index in [2.05, 4.69) is 0 Å². The molecular weight excluding hydrogens is 196 g/mol. The van der Waals surface area contributed by atoms with E-state index in [-0.39, 0.29) is 5.75 Å². The van der Waals surface area contributed by atoms with Crippen LogP contribution in [0.2, 0.25) is 0 Å². The van der Waals surface area contributed by atoms with Crippen molar-refractivity contribution in [1.82, 2.24) is 0 Å². The van der Waals surface area contributed by atoms with E-state index in [0.29, 0.717) is 11.3 Å². The summed E-state index contributed by atoms with van der Waals surface area (Å²) < 4.78 is 23.5. The predicted molar refractivity (Wildman–Crippen MR) is 58.3 cm³/mol. The second kappa shape index (κ2) is 4.13. The van der Waals surface area contributed by atoms with Gasteiger partial charge in [-0.05, 0) is 31.9 Å². The Morgan fingerprint density at radius 3 is 2.36 bits per heavy atom. The average molecular weight is 212 g/mol. The summed E-state index contributed by atoms with van der Waals surface area (Å²) in [7, 11) is -3.06. The van der Waals surface area contributed by atoms with Crippen LogP contribution in [0, 0.1) is 13.8 Å². The molecule has 0 fully saturated rings. The van der Waals surface area contributed by atoms with E-state index in [9.17, 15) is 8.42 Å². The molecule has 0 atom stereocenters. The molecular formula is C11H16O2S. The average Bonchev–Trinajstić information content (AvgIpc) is 2.02. The van der Waals surface area contributed by atoms with Crippen LogP contribution in [-0.2, 0) is 9.84 Å². The second-order valence-corrected chi connectivity index (χ2v) is 5.67. The van der Waals surface area contributed by atoms with Crippen molar-refractivity contribution in [2.24, 2.45) is 0 Å². The van der Waals surface area contributed by atoms with Crippen LogP contribution in [-0.4, -0.2) is 14.2 Å². The zero-order valence-corrected chi connectivity index (χ0v) is 9.69. The Morgan fingerprint density at radius 1 is 1.21 bits per heavy atom. The highest BCUT2D eigenvalue weighted by Crippen LogP contribution is 2.18. The van der Waals surface area contributed by atoms with Crippen molar-refractivity contribution >= 4 is 9.84 Å². The monoisotopic (exact) mass is 212 g/mol. The summed E-state index contributed by atoms with van der Waals surface area (Å²) in [4.78, 5) is 0.477. The van der Waals surface area contributed by atoms with Gasteiger partial charge in [0, 0.05) is 0 Å². The van der Waals surface area contributed by atoms with E-state index in [1.54, 1.807) is 6.07 Å². The van der Waals surface area contributed by atoms with E-state index in [1.807, 2.05) is 32.9 Å². The third-order valence-electron chi connectivity index (χ3n) is 2.14. The first-order valence-electron chi connectivity index (χ1n) is 4.77. The minimum atomic E-state index is -3.06. The molecule has 1 aromatic rings. The molecule has 0 aromatic heterocycles. The molecule has 0 spiro atoms. The quantitative estimate of drug-likeness (QED) is 0.771. The van der Waals surface area contributed by atoms with Gasteiger partial charge in [0.1, 0.15) is 0 Å². The molecule has 0 heterocycles. The van der Waals surface area contributed by atoms with Crippen molar-refractivity contribution in [2.45, 2.75) is 32.1 Å². The van der Waals surface area contributed by atoms with Gasteiger partial charge < -0.3 is 0 Å². The second-order valence-electron chi connectivity index (χ2n) is 3.59. The van der Waals surface area contributed by atoms with E-state index in [1.165, 1.54) is 0 Å². The third-order valence-corrected chi connectivity index (χ3v) is 4.21.